The van der Waals surface area contributed by atoms with Gasteiger partial charge < -0.3 is 59.1 Å². The van der Waals surface area contributed by atoms with Gasteiger partial charge in [-0.3, -0.25) is 29.0 Å². The molecule has 0 saturated carbocycles. The van der Waals surface area contributed by atoms with E-state index >= 15 is 0 Å². The van der Waals surface area contributed by atoms with E-state index in [1.54, 1.807) is 0 Å². The molecule has 0 aliphatic rings. The standard InChI is InChI=1S/C26H41N9O9S/c1-13(27)21(39)33-17(9-14-4-6-15(37)7-5-14)24(42)34-18(11-36)22(40)31-10-20(38)32-16(3-2-8-30-26(28)29)23(41)35-19(12-45)25(43)44/h4-7,13,16-19,36-37,45H,2-3,8-12,27H2,1H3,(H,31,40)(H,32,38)(H,33,39)(H,34,42)(H,35,41)(H,43,44)(H4,28,29,30)/t13-,16-,17-,18-,19-/m0/s1. The van der Waals surface area contributed by atoms with E-state index in [4.69, 9.17) is 17.2 Å². The SMILES string of the molecule is C[C@H](N)C(=O)N[C@@H](Cc1ccc(O)cc1)C(=O)N[C@@H](CO)C(=O)NCC(=O)N[C@@H](CCCN=C(N)N)C(=O)N[C@@H](CS)C(=O)O. The summed E-state index contributed by atoms with van der Waals surface area (Å²) in [4.78, 5) is 78.4. The number of hydrogen-bond donors (Lipinski definition) is 12. The minimum absolute atomic E-state index is 0.00604. The maximum Gasteiger partial charge on any atom is 0.327 e. The highest BCUT2D eigenvalue weighted by atomic mass is 32.1. The smallest absolute Gasteiger partial charge is 0.327 e. The molecule has 0 saturated heterocycles. The van der Waals surface area contributed by atoms with Crippen LogP contribution in [0.2, 0.25) is 0 Å². The maximum absolute atomic E-state index is 13.0. The van der Waals surface area contributed by atoms with Crippen LogP contribution in [0.1, 0.15) is 25.3 Å². The number of nitrogens with one attached hydrogen (secondary N) is 5. The third kappa shape index (κ3) is 14.6. The number of guanidine groups is 1. The van der Waals surface area contributed by atoms with Gasteiger partial charge in [0, 0.05) is 18.7 Å². The lowest BCUT2D eigenvalue weighted by molar-refractivity contribution is -0.141. The molecule has 1 rings (SSSR count). The second kappa shape index (κ2) is 19.6. The molecule has 0 aromatic heterocycles. The number of hydrogen-bond acceptors (Lipinski definition) is 11. The second-order valence-electron chi connectivity index (χ2n) is 9.83. The Kier molecular flexibility index (Phi) is 16.7. The van der Waals surface area contributed by atoms with Crippen LogP contribution in [0.25, 0.3) is 0 Å². The number of aliphatic hydroxyl groups excluding tert-OH is 1. The Hall–Kier alpha value is -4.62. The van der Waals surface area contributed by atoms with Crippen LogP contribution in [0.15, 0.2) is 29.3 Å². The first-order chi connectivity index (χ1) is 21.2. The molecule has 250 valence electrons. The first-order valence-corrected chi connectivity index (χ1v) is 14.3. The summed E-state index contributed by atoms with van der Waals surface area (Å²) in [6.07, 6.45) is 0.187. The van der Waals surface area contributed by atoms with Crippen LogP contribution in [0.4, 0.5) is 0 Å². The minimum Gasteiger partial charge on any atom is -0.508 e. The molecule has 0 aliphatic carbocycles. The summed E-state index contributed by atoms with van der Waals surface area (Å²) in [5, 5.41) is 40.1. The van der Waals surface area contributed by atoms with Gasteiger partial charge in [0.2, 0.25) is 29.5 Å². The predicted molar refractivity (Wildman–Crippen MR) is 165 cm³/mol. The summed E-state index contributed by atoms with van der Waals surface area (Å²) in [7, 11) is 0. The molecule has 45 heavy (non-hydrogen) atoms. The molecule has 0 aliphatic heterocycles. The van der Waals surface area contributed by atoms with Gasteiger partial charge in [-0.25, -0.2) is 4.79 Å². The summed E-state index contributed by atoms with van der Waals surface area (Å²) < 4.78 is 0. The molecule has 0 spiro atoms. The van der Waals surface area contributed by atoms with Crippen LogP contribution in [0, 0.1) is 0 Å². The van der Waals surface area contributed by atoms with Crippen LogP contribution >= 0.6 is 12.6 Å². The van der Waals surface area contributed by atoms with Crippen molar-refractivity contribution in [2.45, 2.75) is 56.4 Å². The number of carbonyl (C=O) groups excluding carboxylic acids is 5. The van der Waals surface area contributed by atoms with Crippen molar-refractivity contribution < 1.29 is 44.1 Å². The number of aliphatic hydroxyl groups is 1. The number of thiol groups is 1. The number of phenolic OH excluding ortho intramolecular Hbond substituents is 1. The van der Waals surface area contributed by atoms with E-state index in [2.05, 4.69) is 44.2 Å². The van der Waals surface area contributed by atoms with Crippen LogP contribution in [0.5, 0.6) is 5.75 Å². The lowest BCUT2D eigenvalue weighted by Crippen LogP contribution is -2.58. The van der Waals surface area contributed by atoms with Crippen molar-refractivity contribution in [3.05, 3.63) is 29.8 Å². The Morgan fingerprint density at radius 2 is 1.44 bits per heavy atom. The maximum atomic E-state index is 13.0. The molecule has 0 heterocycles. The van der Waals surface area contributed by atoms with Crippen molar-refractivity contribution in [2.24, 2.45) is 22.2 Å². The topological polar surface area (TPSA) is 314 Å². The number of carboxylic acid groups (broad SMARTS) is 1. The highest BCUT2D eigenvalue weighted by molar-refractivity contribution is 7.80. The van der Waals surface area contributed by atoms with Gasteiger partial charge in [0.25, 0.3) is 0 Å². The number of carbonyl (C=O) groups is 6. The van der Waals surface area contributed by atoms with Gasteiger partial charge in [-0.2, -0.15) is 12.6 Å². The van der Waals surface area contributed by atoms with E-state index < -0.39 is 78.9 Å². The van der Waals surface area contributed by atoms with E-state index in [9.17, 15) is 44.1 Å². The molecule has 0 unspecified atom stereocenters. The van der Waals surface area contributed by atoms with Gasteiger partial charge in [-0.15, -0.1) is 0 Å². The second-order valence-corrected chi connectivity index (χ2v) is 10.2. The molecule has 5 amide bonds. The van der Waals surface area contributed by atoms with E-state index in [0.717, 1.165) is 0 Å². The molecule has 14 N–H and O–H groups in total. The van der Waals surface area contributed by atoms with Crippen molar-refractivity contribution in [1.82, 2.24) is 26.6 Å². The van der Waals surface area contributed by atoms with Crippen molar-refractivity contribution in [1.29, 1.82) is 0 Å². The van der Waals surface area contributed by atoms with Crippen LogP contribution in [-0.4, -0.2) is 112 Å². The summed E-state index contributed by atoms with van der Waals surface area (Å²) in [6.45, 7) is -0.0362. The van der Waals surface area contributed by atoms with Gasteiger partial charge in [0.1, 0.15) is 29.9 Å². The zero-order valence-corrected chi connectivity index (χ0v) is 25.5. The zero-order valence-electron chi connectivity index (χ0n) is 24.6. The van der Waals surface area contributed by atoms with Crippen molar-refractivity contribution in [3.63, 3.8) is 0 Å². The normalized spacial score (nSPS) is 14.0. The zero-order chi connectivity index (χ0) is 34.1. The molecular formula is C26H41N9O9S. The summed E-state index contributed by atoms with van der Waals surface area (Å²) >= 11 is 3.89. The number of nitrogens with two attached hydrogens (primary N) is 3. The Morgan fingerprint density at radius 3 is 1.98 bits per heavy atom. The Labute approximate surface area is 264 Å². The number of amides is 5. The van der Waals surface area contributed by atoms with E-state index in [-0.39, 0.29) is 43.3 Å². The number of nitrogens with zero attached hydrogens (tertiary/aromatic N) is 1. The molecule has 1 aromatic rings. The Balaban J connectivity index is 2.89. The van der Waals surface area contributed by atoms with Crippen molar-refractivity contribution >= 4 is 54.1 Å². The average molecular weight is 656 g/mol. The fraction of sp³-hybridized carbons (Fsp3) is 0.500. The Bertz CT molecular complexity index is 1210. The molecule has 19 heteroatoms. The van der Waals surface area contributed by atoms with E-state index in [0.29, 0.717) is 5.56 Å². The first kappa shape index (κ1) is 38.4. The van der Waals surface area contributed by atoms with Crippen molar-refractivity contribution in [2.75, 3.05) is 25.4 Å². The number of benzene rings is 1. The molecule has 0 radical (unpaired) electrons. The average Bonchev–Trinajstić information content (AvgIpc) is 2.98. The van der Waals surface area contributed by atoms with E-state index in [1.807, 2.05) is 0 Å². The third-order valence-corrected chi connectivity index (χ3v) is 6.42. The minimum atomic E-state index is -1.54. The fourth-order valence-electron chi connectivity index (χ4n) is 3.61. The highest BCUT2D eigenvalue weighted by Gasteiger charge is 2.29. The molecule has 0 fully saturated rings. The summed E-state index contributed by atoms with van der Waals surface area (Å²) in [5.74, 6) is -5.88. The van der Waals surface area contributed by atoms with Crippen LogP contribution in [-0.2, 0) is 35.2 Å². The van der Waals surface area contributed by atoms with Gasteiger partial charge in [0.15, 0.2) is 5.96 Å². The lowest BCUT2D eigenvalue weighted by atomic mass is 10.0. The lowest BCUT2D eigenvalue weighted by Gasteiger charge is -2.23. The monoisotopic (exact) mass is 655 g/mol. The molecule has 5 atom stereocenters. The molecule has 1 aromatic carbocycles. The van der Waals surface area contributed by atoms with Gasteiger partial charge in [0.05, 0.1) is 19.2 Å². The summed E-state index contributed by atoms with van der Waals surface area (Å²) in [5.41, 5.74) is 16.7. The number of aliphatic carboxylic acids is 1. The Morgan fingerprint density at radius 1 is 0.867 bits per heavy atom. The largest absolute Gasteiger partial charge is 0.508 e. The quantitative estimate of drug-likeness (QED) is 0.0290. The van der Waals surface area contributed by atoms with Gasteiger partial charge >= 0.3 is 5.97 Å². The van der Waals surface area contributed by atoms with Gasteiger partial charge in [-0.05, 0) is 37.5 Å². The summed E-state index contributed by atoms with van der Waals surface area (Å²) in [6, 6.07) is -0.454. The predicted octanol–water partition coefficient (Wildman–Crippen LogP) is -4.60. The van der Waals surface area contributed by atoms with Crippen LogP contribution < -0.4 is 43.8 Å². The van der Waals surface area contributed by atoms with E-state index in [1.165, 1.54) is 31.2 Å². The molecule has 18 nitrogen and oxygen atoms in total. The van der Waals surface area contributed by atoms with Gasteiger partial charge in [-0.1, -0.05) is 12.1 Å². The number of carboxylic acids is 1. The molecular weight excluding hydrogens is 614 g/mol. The van der Waals surface area contributed by atoms with Crippen molar-refractivity contribution in [3.8, 4) is 5.75 Å². The number of aliphatic imine (C=N–C) groups is 1. The molecule has 0 bridgehead atoms. The third-order valence-electron chi connectivity index (χ3n) is 6.06. The fourth-order valence-corrected chi connectivity index (χ4v) is 3.86. The number of aromatic hydroxyl groups is 1. The highest BCUT2D eigenvalue weighted by Crippen LogP contribution is 2.12. The number of phenols is 1. The number of rotatable bonds is 19. The van der Waals surface area contributed by atoms with Crippen LogP contribution in [0.3, 0.4) is 0 Å². The first-order valence-electron chi connectivity index (χ1n) is 13.7.